The zero-order valence-corrected chi connectivity index (χ0v) is 9.36. The zero-order chi connectivity index (χ0) is 9.14. The molecule has 72 valence electrons. The number of hydrogen-bond acceptors (Lipinski definition) is 4. The molecular formula is C6H14N2OS3. The van der Waals surface area contributed by atoms with Crippen LogP contribution in [-0.2, 0) is 4.79 Å². The summed E-state index contributed by atoms with van der Waals surface area (Å²) >= 11 is 8.56. The van der Waals surface area contributed by atoms with Crippen LogP contribution in [0.4, 0.5) is 0 Å². The minimum Gasteiger partial charge on any atom is -0.370 e. The highest BCUT2D eigenvalue weighted by Crippen LogP contribution is 2.44. The first kappa shape index (κ1) is 10.6. The molecule has 0 spiro atoms. The first-order chi connectivity index (χ1) is 5.61. The minimum atomic E-state index is -0.657. The lowest BCUT2D eigenvalue weighted by Gasteiger charge is -2.27. The van der Waals surface area contributed by atoms with E-state index in [1.807, 2.05) is 0 Å². The van der Waals surface area contributed by atoms with Gasteiger partial charge in [0.25, 0.3) is 0 Å². The Bertz CT molecular complexity index is 176. The van der Waals surface area contributed by atoms with Gasteiger partial charge in [-0.15, -0.1) is 32.5 Å². The van der Waals surface area contributed by atoms with Crippen LogP contribution in [0.2, 0.25) is 0 Å². The van der Waals surface area contributed by atoms with E-state index >= 15 is 0 Å². The maximum absolute atomic E-state index is 10.7. The molecule has 1 heterocycles. The van der Waals surface area contributed by atoms with Gasteiger partial charge in [-0.05, 0) is 12.8 Å². The van der Waals surface area contributed by atoms with Gasteiger partial charge >= 0.3 is 0 Å². The third kappa shape index (κ3) is 2.76. The Hall–Kier alpha value is 0.480. The quantitative estimate of drug-likeness (QED) is 0.427. The molecule has 0 aromatic heterocycles. The standard InChI is InChI=1S/C6H14N2OS3/c7-6(9)4-5-2-1-3-8(5)12(10)11/h5,10-12H,1-4H2,(H2,7,9). The van der Waals surface area contributed by atoms with E-state index < -0.39 is 9.15 Å². The average molecular weight is 226 g/mol. The van der Waals surface area contributed by atoms with Gasteiger partial charge in [-0.1, -0.05) is 0 Å². The number of nitrogens with two attached hydrogens (primary N) is 1. The zero-order valence-electron chi connectivity index (χ0n) is 6.68. The third-order valence-electron chi connectivity index (χ3n) is 2.01. The van der Waals surface area contributed by atoms with Crippen molar-refractivity contribution in [3.05, 3.63) is 0 Å². The second-order valence-corrected chi connectivity index (χ2v) is 7.17. The molecule has 1 saturated heterocycles. The summed E-state index contributed by atoms with van der Waals surface area (Å²) in [7, 11) is -0.657. The second kappa shape index (κ2) is 4.64. The molecule has 0 saturated carbocycles. The lowest BCUT2D eigenvalue weighted by Crippen LogP contribution is -2.28. The van der Waals surface area contributed by atoms with Gasteiger partial charge < -0.3 is 5.73 Å². The molecule has 0 radical (unpaired) electrons. The van der Waals surface area contributed by atoms with Crippen LogP contribution in [0.15, 0.2) is 0 Å². The summed E-state index contributed by atoms with van der Waals surface area (Å²) in [4.78, 5) is 10.7. The van der Waals surface area contributed by atoms with E-state index in [-0.39, 0.29) is 11.9 Å². The summed E-state index contributed by atoms with van der Waals surface area (Å²) in [6.07, 6.45) is 2.61. The smallest absolute Gasteiger partial charge is 0.219 e. The summed E-state index contributed by atoms with van der Waals surface area (Å²) in [5.74, 6) is -0.231. The molecule has 1 aliphatic heterocycles. The van der Waals surface area contributed by atoms with Crippen LogP contribution >= 0.6 is 32.5 Å². The number of carbonyl (C=O) groups is 1. The SMILES string of the molecule is NC(=O)CC1CCCN1[SH](S)S. The maximum Gasteiger partial charge on any atom is 0.219 e. The molecule has 12 heavy (non-hydrogen) atoms. The number of primary amides is 1. The molecule has 1 amide bonds. The Morgan fingerprint density at radius 1 is 1.67 bits per heavy atom. The van der Waals surface area contributed by atoms with E-state index in [0.29, 0.717) is 6.42 Å². The van der Waals surface area contributed by atoms with E-state index in [2.05, 4.69) is 27.6 Å². The van der Waals surface area contributed by atoms with Gasteiger partial charge in [0.15, 0.2) is 0 Å². The van der Waals surface area contributed by atoms with E-state index in [1.165, 1.54) is 0 Å². The number of thiol groups is 3. The highest BCUT2D eigenvalue weighted by atomic mass is 33.5. The number of nitrogens with zero attached hydrogens (tertiary/aromatic N) is 1. The molecule has 1 aliphatic rings. The summed E-state index contributed by atoms with van der Waals surface area (Å²) < 4.78 is 2.16. The summed E-state index contributed by atoms with van der Waals surface area (Å²) in [6.45, 7) is 0.997. The number of hydrogen-bond donors (Lipinski definition) is 4. The Balaban J connectivity index is 2.46. The molecule has 0 aromatic carbocycles. The second-order valence-electron chi connectivity index (χ2n) is 2.90. The van der Waals surface area contributed by atoms with Gasteiger partial charge in [0, 0.05) is 19.0 Å². The Morgan fingerprint density at radius 2 is 2.33 bits per heavy atom. The molecule has 0 bridgehead atoms. The van der Waals surface area contributed by atoms with Crippen LogP contribution in [-0.4, -0.2) is 22.8 Å². The minimum absolute atomic E-state index is 0.231. The van der Waals surface area contributed by atoms with Gasteiger partial charge in [-0.2, -0.15) is 0 Å². The van der Waals surface area contributed by atoms with Crippen LogP contribution in [0.25, 0.3) is 0 Å². The lowest BCUT2D eigenvalue weighted by atomic mass is 10.1. The van der Waals surface area contributed by atoms with Crippen LogP contribution < -0.4 is 5.73 Å². The van der Waals surface area contributed by atoms with Gasteiger partial charge in [-0.25, -0.2) is 0 Å². The molecule has 2 N–H and O–H groups in total. The summed E-state index contributed by atoms with van der Waals surface area (Å²) in [5.41, 5.74) is 5.13. The fourth-order valence-corrected chi connectivity index (χ4v) is 3.72. The lowest BCUT2D eigenvalue weighted by molar-refractivity contribution is -0.118. The molecule has 0 aromatic rings. The van der Waals surface area contributed by atoms with Crippen LogP contribution in [0.5, 0.6) is 0 Å². The fraction of sp³-hybridized carbons (Fsp3) is 0.833. The Morgan fingerprint density at radius 3 is 2.83 bits per heavy atom. The van der Waals surface area contributed by atoms with Crippen molar-refractivity contribution in [3.8, 4) is 0 Å². The topological polar surface area (TPSA) is 46.3 Å². The van der Waals surface area contributed by atoms with Gasteiger partial charge in [0.2, 0.25) is 5.91 Å². The normalized spacial score (nSPS) is 25.8. The van der Waals surface area contributed by atoms with Crippen LogP contribution in [0.3, 0.4) is 0 Å². The first-order valence-electron chi connectivity index (χ1n) is 3.84. The molecule has 1 rings (SSSR count). The van der Waals surface area contributed by atoms with Crippen molar-refractivity contribution in [2.45, 2.75) is 25.3 Å². The average Bonchev–Trinajstić information content (AvgIpc) is 2.33. The van der Waals surface area contributed by atoms with Crippen molar-refractivity contribution in [2.24, 2.45) is 5.73 Å². The molecule has 1 unspecified atom stereocenters. The van der Waals surface area contributed by atoms with E-state index in [0.717, 1.165) is 19.4 Å². The third-order valence-corrected chi connectivity index (χ3v) is 4.38. The molecular weight excluding hydrogens is 212 g/mol. The number of carbonyl (C=O) groups excluding carboxylic acids is 1. The van der Waals surface area contributed by atoms with Crippen LogP contribution in [0.1, 0.15) is 19.3 Å². The van der Waals surface area contributed by atoms with Crippen molar-refractivity contribution < 1.29 is 4.79 Å². The Labute approximate surface area is 85.2 Å². The highest BCUT2D eigenvalue weighted by molar-refractivity contribution is 9.08. The Kier molecular flexibility index (Phi) is 4.09. The maximum atomic E-state index is 10.7. The van der Waals surface area contributed by atoms with Crippen molar-refractivity contribution in [2.75, 3.05) is 6.54 Å². The van der Waals surface area contributed by atoms with Crippen molar-refractivity contribution in [3.63, 3.8) is 0 Å². The van der Waals surface area contributed by atoms with Gasteiger partial charge in [-0.3, -0.25) is 9.10 Å². The van der Waals surface area contributed by atoms with Crippen molar-refractivity contribution in [1.82, 2.24) is 4.31 Å². The largest absolute Gasteiger partial charge is 0.370 e. The summed E-state index contributed by atoms with van der Waals surface area (Å²) in [5, 5.41) is 0. The monoisotopic (exact) mass is 226 g/mol. The molecule has 6 heteroatoms. The van der Waals surface area contributed by atoms with E-state index in [4.69, 9.17) is 5.73 Å². The van der Waals surface area contributed by atoms with E-state index in [1.54, 1.807) is 0 Å². The number of rotatable bonds is 3. The molecule has 1 atom stereocenters. The fourth-order valence-electron chi connectivity index (χ4n) is 1.50. The molecule has 3 nitrogen and oxygen atoms in total. The van der Waals surface area contributed by atoms with Crippen LogP contribution in [0, 0.1) is 0 Å². The number of amides is 1. The predicted octanol–water partition coefficient (Wildman–Crippen LogP) is 0.932. The van der Waals surface area contributed by atoms with Gasteiger partial charge in [0.05, 0.1) is 0 Å². The highest BCUT2D eigenvalue weighted by Gasteiger charge is 2.27. The molecule has 1 fully saturated rings. The van der Waals surface area contributed by atoms with Crippen molar-refractivity contribution >= 4 is 38.4 Å². The summed E-state index contributed by atoms with van der Waals surface area (Å²) in [6, 6.07) is 0.281. The van der Waals surface area contributed by atoms with Gasteiger partial charge in [0.1, 0.15) is 0 Å². The first-order valence-corrected chi connectivity index (χ1v) is 7.44. The van der Waals surface area contributed by atoms with E-state index in [9.17, 15) is 4.79 Å². The van der Waals surface area contributed by atoms with Crippen molar-refractivity contribution in [1.29, 1.82) is 0 Å². The molecule has 0 aliphatic carbocycles. The predicted molar refractivity (Wildman–Crippen MR) is 60.5 cm³/mol.